The van der Waals surface area contributed by atoms with Crippen LogP contribution in [0, 0.1) is 5.82 Å². The zero-order valence-corrected chi connectivity index (χ0v) is 12.7. The van der Waals surface area contributed by atoms with Gasteiger partial charge in [-0.2, -0.15) is 0 Å². The Balaban J connectivity index is 1.80. The molecular weight excluding hydrogens is 303 g/mol. The van der Waals surface area contributed by atoms with E-state index in [1.165, 1.54) is 12.1 Å². The number of ketones is 1. The third-order valence-electron chi connectivity index (χ3n) is 3.57. The molecule has 5 heteroatoms. The van der Waals surface area contributed by atoms with Crippen molar-refractivity contribution in [3.8, 4) is 0 Å². The zero-order valence-electron chi connectivity index (χ0n) is 11.9. The zero-order chi connectivity index (χ0) is 15.7. The summed E-state index contributed by atoms with van der Waals surface area (Å²) in [5.74, 6) is -0.509. The van der Waals surface area contributed by atoms with Crippen molar-refractivity contribution >= 4 is 34.0 Å². The first kappa shape index (κ1) is 14.6. The standard InChI is InChI=1S/C17H14ClFN2O/c1-21-10-13(12-4-2-3-5-16(12)21)17(22)9-20-11-6-7-15(19)14(18)8-11/h2-8,10,20H,9H2,1H3. The van der Waals surface area contributed by atoms with E-state index >= 15 is 0 Å². The van der Waals surface area contributed by atoms with Crippen LogP contribution in [-0.4, -0.2) is 16.9 Å². The number of aryl methyl sites for hydroxylation is 1. The van der Waals surface area contributed by atoms with Gasteiger partial charge in [-0.3, -0.25) is 4.79 Å². The summed E-state index contributed by atoms with van der Waals surface area (Å²) in [5, 5.41) is 3.93. The first-order valence-corrected chi connectivity index (χ1v) is 7.20. The fraction of sp³-hybridized carbons (Fsp3) is 0.118. The van der Waals surface area contributed by atoms with Crippen LogP contribution in [0.25, 0.3) is 10.9 Å². The molecule has 0 aliphatic rings. The number of carbonyl (C=O) groups is 1. The second-order valence-corrected chi connectivity index (χ2v) is 5.48. The summed E-state index contributed by atoms with van der Waals surface area (Å²) in [5.41, 5.74) is 2.29. The normalized spacial score (nSPS) is 10.9. The van der Waals surface area contributed by atoms with Crippen molar-refractivity contribution < 1.29 is 9.18 Å². The Bertz CT molecular complexity index is 857. The van der Waals surface area contributed by atoms with Crippen LogP contribution < -0.4 is 5.32 Å². The molecule has 0 radical (unpaired) electrons. The molecule has 0 spiro atoms. The first-order chi connectivity index (χ1) is 10.6. The number of para-hydroxylation sites is 1. The quantitative estimate of drug-likeness (QED) is 0.729. The average molecular weight is 317 g/mol. The second-order valence-electron chi connectivity index (χ2n) is 5.08. The van der Waals surface area contributed by atoms with Crippen molar-refractivity contribution in [2.45, 2.75) is 0 Å². The maximum atomic E-state index is 13.1. The van der Waals surface area contributed by atoms with E-state index in [0.29, 0.717) is 11.3 Å². The van der Waals surface area contributed by atoms with Crippen molar-refractivity contribution in [1.82, 2.24) is 4.57 Å². The van der Waals surface area contributed by atoms with Gasteiger partial charge in [-0.15, -0.1) is 0 Å². The number of anilines is 1. The number of fused-ring (bicyclic) bond motifs is 1. The Labute approximate surface area is 132 Å². The topological polar surface area (TPSA) is 34.0 Å². The summed E-state index contributed by atoms with van der Waals surface area (Å²) in [4.78, 5) is 12.4. The Hall–Kier alpha value is -2.33. The lowest BCUT2D eigenvalue weighted by Gasteiger charge is -2.06. The van der Waals surface area contributed by atoms with Gasteiger partial charge in [0.1, 0.15) is 5.82 Å². The molecule has 0 unspecified atom stereocenters. The SMILES string of the molecule is Cn1cc(C(=O)CNc2ccc(F)c(Cl)c2)c2ccccc21. The first-order valence-electron chi connectivity index (χ1n) is 6.82. The van der Waals surface area contributed by atoms with Crippen LogP contribution in [-0.2, 0) is 7.05 Å². The minimum atomic E-state index is -0.479. The number of hydrogen-bond donors (Lipinski definition) is 1. The minimum Gasteiger partial charge on any atom is -0.378 e. The molecule has 0 bridgehead atoms. The van der Waals surface area contributed by atoms with Crippen LogP contribution in [0.2, 0.25) is 5.02 Å². The van der Waals surface area contributed by atoms with Crippen molar-refractivity contribution in [3.05, 3.63) is 65.1 Å². The van der Waals surface area contributed by atoms with Gasteiger partial charge in [0.2, 0.25) is 0 Å². The molecule has 0 saturated carbocycles. The highest BCUT2D eigenvalue weighted by molar-refractivity contribution is 6.31. The molecule has 3 aromatic rings. The van der Waals surface area contributed by atoms with Crippen molar-refractivity contribution in [2.75, 3.05) is 11.9 Å². The van der Waals surface area contributed by atoms with Gasteiger partial charge in [-0.05, 0) is 24.3 Å². The molecule has 0 aliphatic heterocycles. The van der Waals surface area contributed by atoms with Crippen LogP contribution in [0.5, 0.6) is 0 Å². The fourth-order valence-electron chi connectivity index (χ4n) is 2.45. The van der Waals surface area contributed by atoms with Gasteiger partial charge in [0.15, 0.2) is 5.78 Å². The van der Waals surface area contributed by atoms with Gasteiger partial charge in [0, 0.05) is 35.4 Å². The van der Waals surface area contributed by atoms with Gasteiger partial charge < -0.3 is 9.88 Å². The monoisotopic (exact) mass is 316 g/mol. The molecule has 1 N–H and O–H groups in total. The van der Waals surface area contributed by atoms with Gasteiger partial charge >= 0.3 is 0 Å². The molecule has 22 heavy (non-hydrogen) atoms. The molecule has 0 saturated heterocycles. The molecule has 1 aromatic heterocycles. The molecule has 2 aromatic carbocycles. The number of benzene rings is 2. The number of rotatable bonds is 4. The van der Waals surface area contributed by atoms with E-state index in [1.807, 2.05) is 42.1 Å². The summed E-state index contributed by atoms with van der Waals surface area (Å²) in [6.45, 7) is 0.121. The van der Waals surface area contributed by atoms with Crippen molar-refractivity contribution in [1.29, 1.82) is 0 Å². The van der Waals surface area contributed by atoms with Crippen LogP contribution in [0.15, 0.2) is 48.7 Å². The molecule has 0 fully saturated rings. The molecule has 112 valence electrons. The van der Waals surface area contributed by atoms with Crippen LogP contribution in [0.1, 0.15) is 10.4 Å². The molecular formula is C17H14ClFN2O. The largest absolute Gasteiger partial charge is 0.378 e. The lowest BCUT2D eigenvalue weighted by atomic mass is 10.1. The van der Waals surface area contributed by atoms with Crippen molar-refractivity contribution in [2.24, 2.45) is 7.05 Å². The lowest BCUT2D eigenvalue weighted by Crippen LogP contribution is -2.13. The third kappa shape index (κ3) is 2.70. The number of halogens is 2. The second kappa shape index (κ2) is 5.81. The molecule has 0 aliphatic carbocycles. The number of Topliss-reactive ketones (excluding diaryl/α,β-unsaturated/α-hetero) is 1. The smallest absolute Gasteiger partial charge is 0.184 e. The maximum Gasteiger partial charge on any atom is 0.184 e. The van der Waals surface area contributed by atoms with E-state index in [1.54, 1.807) is 6.07 Å². The Morgan fingerprint density at radius 2 is 2.05 bits per heavy atom. The minimum absolute atomic E-state index is 0.0302. The third-order valence-corrected chi connectivity index (χ3v) is 3.86. The number of nitrogens with one attached hydrogen (secondary N) is 1. The number of hydrogen-bond acceptors (Lipinski definition) is 2. The summed E-state index contributed by atoms with van der Waals surface area (Å²) in [6.07, 6.45) is 1.83. The predicted molar refractivity (Wildman–Crippen MR) is 87.1 cm³/mol. The van der Waals surface area contributed by atoms with Crippen molar-refractivity contribution in [3.63, 3.8) is 0 Å². The Morgan fingerprint density at radius 1 is 1.27 bits per heavy atom. The van der Waals surface area contributed by atoms with Gasteiger partial charge in [0.05, 0.1) is 11.6 Å². The number of carbonyl (C=O) groups excluding carboxylic acids is 1. The van der Waals surface area contributed by atoms with E-state index in [4.69, 9.17) is 11.6 Å². The Kier molecular flexibility index (Phi) is 3.86. The lowest BCUT2D eigenvalue weighted by molar-refractivity contribution is 0.101. The van der Waals surface area contributed by atoms with Crippen LogP contribution in [0.4, 0.5) is 10.1 Å². The van der Waals surface area contributed by atoms with Gasteiger partial charge in [-0.25, -0.2) is 4.39 Å². The molecule has 3 rings (SSSR count). The summed E-state index contributed by atoms with van der Waals surface area (Å²) in [7, 11) is 1.91. The summed E-state index contributed by atoms with van der Waals surface area (Å²) in [6, 6.07) is 12.0. The predicted octanol–water partition coefficient (Wildman–Crippen LogP) is 4.27. The highest BCUT2D eigenvalue weighted by Crippen LogP contribution is 2.22. The molecule has 0 amide bonds. The van der Waals surface area contributed by atoms with E-state index in [9.17, 15) is 9.18 Å². The van der Waals surface area contributed by atoms with Gasteiger partial charge in [-0.1, -0.05) is 29.8 Å². The number of nitrogens with zero attached hydrogens (tertiary/aromatic N) is 1. The van der Waals surface area contributed by atoms with E-state index in [2.05, 4.69) is 5.32 Å². The van der Waals surface area contributed by atoms with Gasteiger partial charge in [0.25, 0.3) is 0 Å². The maximum absolute atomic E-state index is 13.1. The Morgan fingerprint density at radius 3 is 2.82 bits per heavy atom. The average Bonchev–Trinajstić information content (AvgIpc) is 2.86. The molecule has 3 nitrogen and oxygen atoms in total. The summed E-state index contributed by atoms with van der Waals surface area (Å²) >= 11 is 5.72. The number of aromatic nitrogens is 1. The fourth-order valence-corrected chi connectivity index (χ4v) is 2.63. The van der Waals surface area contributed by atoms with E-state index in [0.717, 1.165) is 10.9 Å². The highest BCUT2D eigenvalue weighted by Gasteiger charge is 2.13. The van der Waals surface area contributed by atoms with E-state index in [-0.39, 0.29) is 17.4 Å². The highest BCUT2D eigenvalue weighted by atomic mass is 35.5. The van der Waals surface area contributed by atoms with Crippen LogP contribution >= 0.6 is 11.6 Å². The molecule has 0 atom stereocenters. The van der Waals surface area contributed by atoms with E-state index < -0.39 is 5.82 Å². The van der Waals surface area contributed by atoms with Crippen LogP contribution in [0.3, 0.4) is 0 Å². The summed E-state index contributed by atoms with van der Waals surface area (Å²) < 4.78 is 15.0. The molecule has 1 heterocycles.